The first-order valence-electron chi connectivity index (χ1n) is 10.3. The van der Waals surface area contributed by atoms with Crippen LogP contribution in [0, 0.1) is 0 Å². The second kappa shape index (κ2) is 10.6. The third-order valence-corrected chi connectivity index (χ3v) is 6.10. The molecule has 34 heavy (non-hydrogen) atoms. The number of anilines is 1. The van der Waals surface area contributed by atoms with Gasteiger partial charge >= 0.3 is 6.03 Å². The number of urea groups is 1. The van der Waals surface area contributed by atoms with Crippen LogP contribution in [0.15, 0.2) is 53.7 Å². The smallest absolute Gasteiger partial charge is 0.321 e. The molecule has 176 valence electrons. The van der Waals surface area contributed by atoms with Gasteiger partial charge in [-0.3, -0.25) is 19.5 Å². The summed E-state index contributed by atoms with van der Waals surface area (Å²) in [6.07, 6.45) is 0.413. The summed E-state index contributed by atoms with van der Waals surface area (Å²) >= 11 is 7.26. The summed E-state index contributed by atoms with van der Waals surface area (Å²) < 4.78 is 6.97. The fourth-order valence-corrected chi connectivity index (χ4v) is 4.32. The third kappa shape index (κ3) is 5.86. The first-order chi connectivity index (χ1) is 16.4. The van der Waals surface area contributed by atoms with Crippen LogP contribution >= 0.6 is 23.4 Å². The van der Waals surface area contributed by atoms with E-state index in [9.17, 15) is 14.4 Å². The normalized spacial score (nSPS) is 15.4. The highest BCUT2D eigenvalue weighted by atomic mass is 35.5. The van der Waals surface area contributed by atoms with E-state index in [1.807, 2.05) is 12.1 Å². The number of nitrogens with zero attached hydrogens (tertiary/aromatic N) is 3. The maximum atomic E-state index is 12.5. The molecule has 3 N–H and O–H groups in total. The van der Waals surface area contributed by atoms with Crippen molar-refractivity contribution in [2.75, 3.05) is 18.2 Å². The van der Waals surface area contributed by atoms with Crippen LogP contribution in [-0.2, 0) is 16.0 Å². The van der Waals surface area contributed by atoms with E-state index >= 15 is 0 Å². The second-order valence-corrected chi connectivity index (χ2v) is 8.79. The van der Waals surface area contributed by atoms with Crippen LogP contribution in [0.3, 0.4) is 0 Å². The van der Waals surface area contributed by atoms with Gasteiger partial charge in [-0.05, 0) is 36.4 Å². The molecule has 10 nitrogen and oxygen atoms in total. The number of thioether (sulfide) groups is 1. The van der Waals surface area contributed by atoms with Crippen molar-refractivity contribution in [1.82, 2.24) is 25.4 Å². The predicted octanol–water partition coefficient (Wildman–Crippen LogP) is 2.80. The van der Waals surface area contributed by atoms with Gasteiger partial charge in [-0.2, -0.15) is 0 Å². The molecule has 4 rings (SSSR count). The van der Waals surface area contributed by atoms with Gasteiger partial charge in [0.15, 0.2) is 5.16 Å². The molecular weight excluding hydrogens is 480 g/mol. The molecule has 1 aromatic heterocycles. The molecule has 1 atom stereocenters. The Balaban J connectivity index is 1.52. The zero-order valence-corrected chi connectivity index (χ0v) is 19.7. The van der Waals surface area contributed by atoms with Crippen molar-refractivity contribution in [2.45, 2.75) is 24.0 Å². The summed E-state index contributed by atoms with van der Waals surface area (Å²) in [5.41, 5.74) is 1.36. The number of hydrogen-bond acceptors (Lipinski definition) is 7. The monoisotopic (exact) mass is 500 g/mol. The van der Waals surface area contributed by atoms with Gasteiger partial charge in [0, 0.05) is 41.3 Å². The molecule has 1 aliphatic rings. The SMILES string of the molecule is COc1cccc(NC(=O)CSc2nnc(CC3CC(=O)NC(=O)N3)n2-c2ccc(Cl)cc2)c1. The lowest BCUT2D eigenvalue weighted by atomic mass is 10.1. The quantitative estimate of drug-likeness (QED) is 0.406. The van der Waals surface area contributed by atoms with Gasteiger partial charge in [0.1, 0.15) is 11.6 Å². The lowest BCUT2D eigenvalue weighted by Crippen LogP contribution is -2.53. The van der Waals surface area contributed by atoms with Crippen LogP contribution in [0.5, 0.6) is 5.75 Å². The van der Waals surface area contributed by atoms with Crippen molar-refractivity contribution >= 4 is 46.9 Å². The first kappa shape index (κ1) is 23.6. The van der Waals surface area contributed by atoms with Gasteiger partial charge in [-0.15, -0.1) is 10.2 Å². The minimum Gasteiger partial charge on any atom is -0.497 e. The molecule has 0 radical (unpaired) electrons. The van der Waals surface area contributed by atoms with Crippen LogP contribution < -0.4 is 20.7 Å². The zero-order chi connectivity index (χ0) is 24.1. The number of hydrogen-bond donors (Lipinski definition) is 3. The molecule has 1 aliphatic heterocycles. The molecule has 1 unspecified atom stereocenters. The molecular formula is C22H21ClN6O4S. The summed E-state index contributed by atoms with van der Waals surface area (Å²) in [7, 11) is 1.56. The Kier molecular flexibility index (Phi) is 7.33. The van der Waals surface area contributed by atoms with Crippen molar-refractivity contribution in [1.29, 1.82) is 0 Å². The number of methoxy groups -OCH3 is 1. The van der Waals surface area contributed by atoms with Crippen LogP contribution in [0.2, 0.25) is 5.02 Å². The predicted molar refractivity (Wildman–Crippen MR) is 128 cm³/mol. The molecule has 12 heteroatoms. The average molecular weight is 501 g/mol. The van der Waals surface area contributed by atoms with E-state index in [1.54, 1.807) is 48.1 Å². The Morgan fingerprint density at radius 3 is 2.76 bits per heavy atom. The Labute approximate surface area is 204 Å². The van der Waals surface area contributed by atoms with Gasteiger partial charge < -0.3 is 15.4 Å². The van der Waals surface area contributed by atoms with Crippen molar-refractivity contribution < 1.29 is 19.1 Å². The number of imide groups is 1. The van der Waals surface area contributed by atoms with Crippen molar-refractivity contribution in [3.63, 3.8) is 0 Å². The zero-order valence-electron chi connectivity index (χ0n) is 18.1. The molecule has 0 bridgehead atoms. The van der Waals surface area contributed by atoms with E-state index < -0.39 is 12.1 Å². The van der Waals surface area contributed by atoms with Crippen LogP contribution in [0.25, 0.3) is 5.69 Å². The number of ether oxygens (including phenoxy) is 1. The number of halogens is 1. The second-order valence-electron chi connectivity index (χ2n) is 7.41. The summed E-state index contributed by atoms with van der Waals surface area (Å²) in [5.74, 6) is 0.696. The molecule has 0 aliphatic carbocycles. The molecule has 1 fully saturated rings. The fourth-order valence-electron chi connectivity index (χ4n) is 3.42. The Bertz CT molecular complexity index is 1200. The Morgan fingerprint density at radius 2 is 2.03 bits per heavy atom. The van der Waals surface area contributed by atoms with Gasteiger partial charge in [0.25, 0.3) is 0 Å². The lowest BCUT2D eigenvalue weighted by Gasteiger charge is -2.23. The van der Waals surface area contributed by atoms with E-state index in [2.05, 4.69) is 26.1 Å². The number of nitrogens with one attached hydrogen (secondary N) is 3. The highest BCUT2D eigenvalue weighted by molar-refractivity contribution is 7.99. The van der Waals surface area contributed by atoms with Crippen LogP contribution in [-0.4, -0.2) is 51.5 Å². The highest BCUT2D eigenvalue weighted by Crippen LogP contribution is 2.25. The number of amides is 4. The summed E-state index contributed by atoms with van der Waals surface area (Å²) in [5, 5.41) is 17.4. The molecule has 0 spiro atoms. The van der Waals surface area contributed by atoms with E-state index in [0.717, 1.165) is 5.69 Å². The van der Waals surface area contributed by atoms with E-state index in [1.165, 1.54) is 11.8 Å². The molecule has 3 aromatic rings. The van der Waals surface area contributed by atoms with Crippen LogP contribution in [0.4, 0.5) is 10.5 Å². The number of carbonyl (C=O) groups is 3. The Hall–Kier alpha value is -3.57. The number of carbonyl (C=O) groups excluding carboxylic acids is 3. The maximum Gasteiger partial charge on any atom is 0.321 e. The Morgan fingerprint density at radius 1 is 1.24 bits per heavy atom. The number of aromatic nitrogens is 3. The van der Waals surface area contributed by atoms with Gasteiger partial charge in [0.05, 0.1) is 12.9 Å². The summed E-state index contributed by atoms with van der Waals surface area (Å²) in [4.78, 5) is 36.0. The van der Waals surface area contributed by atoms with E-state index in [4.69, 9.17) is 16.3 Å². The van der Waals surface area contributed by atoms with Crippen LogP contribution in [0.1, 0.15) is 12.2 Å². The minimum atomic E-state index is -0.539. The van der Waals surface area contributed by atoms with Crippen molar-refractivity contribution in [3.8, 4) is 11.4 Å². The van der Waals surface area contributed by atoms with Gasteiger partial charge in [0.2, 0.25) is 11.8 Å². The number of benzene rings is 2. The highest BCUT2D eigenvalue weighted by Gasteiger charge is 2.27. The topological polar surface area (TPSA) is 127 Å². The minimum absolute atomic E-state index is 0.0888. The van der Waals surface area contributed by atoms with Gasteiger partial charge in [-0.25, -0.2) is 4.79 Å². The summed E-state index contributed by atoms with van der Waals surface area (Å²) in [6, 6.07) is 13.2. The molecule has 2 heterocycles. The van der Waals surface area contributed by atoms with Crippen molar-refractivity contribution in [2.24, 2.45) is 0 Å². The maximum absolute atomic E-state index is 12.5. The third-order valence-electron chi connectivity index (χ3n) is 4.92. The average Bonchev–Trinajstić information content (AvgIpc) is 3.20. The molecule has 4 amide bonds. The van der Waals surface area contributed by atoms with Crippen molar-refractivity contribution in [3.05, 3.63) is 59.4 Å². The summed E-state index contributed by atoms with van der Waals surface area (Å²) in [6.45, 7) is 0. The fraction of sp³-hybridized carbons (Fsp3) is 0.227. The molecule has 0 saturated carbocycles. The largest absolute Gasteiger partial charge is 0.497 e. The van der Waals surface area contributed by atoms with E-state index in [-0.39, 0.29) is 30.4 Å². The number of rotatable bonds is 8. The van der Waals surface area contributed by atoms with E-state index in [0.29, 0.717) is 27.4 Å². The molecule has 2 aromatic carbocycles. The van der Waals surface area contributed by atoms with Gasteiger partial charge in [-0.1, -0.05) is 29.4 Å². The molecule has 1 saturated heterocycles. The first-order valence-corrected chi connectivity index (χ1v) is 11.6. The lowest BCUT2D eigenvalue weighted by molar-refractivity contribution is -0.121. The standard InChI is InChI=1S/C22H21ClN6O4S/c1-33-17-4-2-3-14(9-17)24-20(31)12-34-22-28-27-18(10-15-11-19(30)26-21(32)25-15)29(22)16-7-5-13(23)6-8-16/h2-9,15H,10-12H2,1H3,(H,24,31)(H2,25,26,30,32).